The molecule has 24 heavy (non-hydrogen) atoms. The van der Waals surface area contributed by atoms with Crippen molar-refractivity contribution in [3.05, 3.63) is 30.4 Å². The van der Waals surface area contributed by atoms with Crippen LogP contribution in [-0.2, 0) is 4.74 Å². The van der Waals surface area contributed by atoms with Gasteiger partial charge in [0.05, 0.1) is 25.4 Å². The number of hydrogen-bond donors (Lipinski definition) is 1. The molecule has 1 saturated heterocycles. The van der Waals surface area contributed by atoms with Gasteiger partial charge in [-0.15, -0.1) is 0 Å². The average Bonchev–Trinajstić information content (AvgIpc) is 2.84. The molecule has 1 aromatic carbocycles. The second-order valence-corrected chi connectivity index (χ2v) is 7.73. The number of nitrogens with zero attached hydrogens (tertiary/aromatic N) is 2. The molecule has 132 valence electrons. The molecule has 0 aromatic heterocycles. The molecule has 2 aliphatic rings. The Bertz CT molecular complexity index is 610. The van der Waals surface area contributed by atoms with Gasteiger partial charge < -0.3 is 20.1 Å². The van der Waals surface area contributed by atoms with E-state index in [1.807, 2.05) is 6.08 Å². The van der Waals surface area contributed by atoms with Crippen molar-refractivity contribution in [2.24, 2.45) is 5.73 Å². The molecule has 2 atom stereocenters. The molecule has 1 aromatic rings. The van der Waals surface area contributed by atoms with Gasteiger partial charge in [0, 0.05) is 24.4 Å². The molecule has 0 radical (unpaired) electrons. The molecule has 2 bridgehead atoms. The lowest BCUT2D eigenvalue weighted by Gasteiger charge is -2.30. The number of methoxy groups -OCH3 is 1. The van der Waals surface area contributed by atoms with Crippen LogP contribution in [-0.4, -0.2) is 49.9 Å². The van der Waals surface area contributed by atoms with Crippen LogP contribution < -0.4 is 15.4 Å². The third-order valence-electron chi connectivity index (χ3n) is 4.50. The summed E-state index contributed by atoms with van der Waals surface area (Å²) in [4.78, 5) is 3.56. The largest absolute Gasteiger partial charge is 0.495 e. The zero-order valence-electron chi connectivity index (χ0n) is 14.7. The van der Waals surface area contributed by atoms with Gasteiger partial charge in [-0.05, 0) is 49.7 Å². The first-order valence-electron chi connectivity index (χ1n) is 8.49. The minimum absolute atomic E-state index is 0.271. The van der Waals surface area contributed by atoms with Crippen LogP contribution in [0.25, 0.3) is 0 Å². The zero-order valence-corrected chi connectivity index (χ0v) is 15.5. The molecule has 5 nitrogen and oxygen atoms in total. The number of rotatable bonds is 6. The van der Waals surface area contributed by atoms with Crippen molar-refractivity contribution in [2.45, 2.75) is 36.4 Å². The Morgan fingerprint density at radius 1 is 1.50 bits per heavy atom. The molecule has 0 aliphatic carbocycles. The highest BCUT2D eigenvalue weighted by atomic mass is 32.2. The SMILES string of the molecule is CCCN(C)Sc1ccc(OC)c(N2CC=CC3(N)CC2CO3)c1. The lowest BCUT2D eigenvalue weighted by Crippen LogP contribution is -2.38. The molecular weight excluding hydrogens is 322 g/mol. The van der Waals surface area contributed by atoms with E-state index in [1.54, 1.807) is 19.1 Å². The van der Waals surface area contributed by atoms with Gasteiger partial charge >= 0.3 is 0 Å². The topological polar surface area (TPSA) is 51.0 Å². The summed E-state index contributed by atoms with van der Waals surface area (Å²) in [6.07, 6.45) is 6.04. The first-order valence-corrected chi connectivity index (χ1v) is 9.26. The van der Waals surface area contributed by atoms with E-state index in [2.05, 4.69) is 47.5 Å². The first-order chi connectivity index (χ1) is 11.5. The van der Waals surface area contributed by atoms with Gasteiger partial charge in [-0.2, -0.15) is 0 Å². The number of ether oxygens (including phenoxy) is 2. The Hall–Kier alpha value is -1.21. The van der Waals surface area contributed by atoms with Crippen molar-refractivity contribution >= 4 is 17.6 Å². The molecule has 1 fully saturated rings. The van der Waals surface area contributed by atoms with Crippen LogP contribution in [0.4, 0.5) is 5.69 Å². The van der Waals surface area contributed by atoms with Gasteiger partial charge in [-0.1, -0.05) is 13.0 Å². The number of anilines is 1. The van der Waals surface area contributed by atoms with Crippen molar-refractivity contribution in [3.63, 3.8) is 0 Å². The molecule has 2 aliphatic heterocycles. The second kappa shape index (κ2) is 7.35. The highest BCUT2D eigenvalue weighted by molar-refractivity contribution is 7.97. The van der Waals surface area contributed by atoms with Gasteiger partial charge in [0.2, 0.25) is 0 Å². The van der Waals surface area contributed by atoms with E-state index < -0.39 is 5.72 Å². The summed E-state index contributed by atoms with van der Waals surface area (Å²) in [6.45, 7) is 4.73. The molecule has 2 unspecified atom stereocenters. The zero-order chi connectivity index (χ0) is 17.2. The monoisotopic (exact) mass is 349 g/mol. The summed E-state index contributed by atoms with van der Waals surface area (Å²) < 4.78 is 13.7. The highest BCUT2D eigenvalue weighted by Gasteiger charge is 2.40. The van der Waals surface area contributed by atoms with Crippen molar-refractivity contribution < 1.29 is 9.47 Å². The lowest BCUT2D eigenvalue weighted by atomic mass is 10.1. The molecule has 6 heteroatoms. The summed E-state index contributed by atoms with van der Waals surface area (Å²) in [5.41, 5.74) is 6.76. The third kappa shape index (κ3) is 3.72. The van der Waals surface area contributed by atoms with Crippen LogP contribution in [0.2, 0.25) is 0 Å². The van der Waals surface area contributed by atoms with Gasteiger partial charge in [-0.25, -0.2) is 4.31 Å². The van der Waals surface area contributed by atoms with Crippen molar-refractivity contribution in [2.75, 3.05) is 38.8 Å². The minimum Gasteiger partial charge on any atom is -0.495 e. The van der Waals surface area contributed by atoms with Crippen molar-refractivity contribution in [3.8, 4) is 5.75 Å². The fourth-order valence-corrected chi connectivity index (χ4v) is 4.28. The number of hydrogen-bond acceptors (Lipinski definition) is 6. The molecule has 0 amide bonds. The van der Waals surface area contributed by atoms with Gasteiger partial charge in [-0.3, -0.25) is 0 Å². The van der Waals surface area contributed by atoms with Gasteiger partial charge in [0.15, 0.2) is 0 Å². The van der Waals surface area contributed by atoms with E-state index in [0.29, 0.717) is 6.61 Å². The molecular formula is C18H27N3O2S. The quantitative estimate of drug-likeness (QED) is 0.630. The fourth-order valence-electron chi connectivity index (χ4n) is 3.36. The van der Waals surface area contributed by atoms with Crippen LogP contribution in [0, 0.1) is 0 Å². The Morgan fingerprint density at radius 2 is 2.33 bits per heavy atom. The van der Waals surface area contributed by atoms with E-state index in [1.165, 1.54) is 4.90 Å². The van der Waals surface area contributed by atoms with E-state index in [9.17, 15) is 0 Å². The van der Waals surface area contributed by atoms with Crippen molar-refractivity contribution in [1.29, 1.82) is 0 Å². The maximum Gasteiger partial charge on any atom is 0.142 e. The minimum atomic E-state index is -0.611. The van der Waals surface area contributed by atoms with Gasteiger partial charge in [0.1, 0.15) is 11.5 Å². The molecule has 0 saturated carbocycles. The average molecular weight is 350 g/mol. The molecule has 2 heterocycles. The Morgan fingerprint density at radius 3 is 3.08 bits per heavy atom. The summed E-state index contributed by atoms with van der Waals surface area (Å²) in [6, 6.07) is 6.65. The van der Waals surface area contributed by atoms with Crippen LogP contribution in [0.15, 0.2) is 35.2 Å². The first kappa shape index (κ1) is 17.6. The van der Waals surface area contributed by atoms with Crippen LogP contribution in [0.1, 0.15) is 19.8 Å². The maximum absolute atomic E-state index is 6.26. The predicted molar refractivity (Wildman–Crippen MR) is 99.5 cm³/mol. The summed E-state index contributed by atoms with van der Waals surface area (Å²) in [7, 11) is 3.85. The number of benzene rings is 1. The highest BCUT2D eigenvalue weighted by Crippen LogP contribution is 2.38. The van der Waals surface area contributed by atoms with E-state index in [4.69, 9.17) is 15.2 Å². The smallest absolute Gasteiger partial charge is 0.142 e. The Labute approximate surface area is 148 Å². The van der Waals surface area contributed by atoms with E-state index >= 15 is 0 Å². The molecule has 3 rings (SSSR count). The standard InChI is InChI=1S/C18H27N3O2S/c1-4-9-20(2)24-15-6-7-17(22-3)16(11-15)21-10-5-8-18(19)12-14(21)13-23-18/h5-8,11,14H,4,9-10,12-13,19H2,1-3H3. The second-order valence-electron chi connectivity index (χ2n) is 6.46. The normalized spacial score (nSPS) is 26.0. The summed E-state index contributed by atoms with van der Waals surface area (Å²) in [5, 5.41) is 0. The van der Waals surface area contributed by atoms with Crippen molar-refractivity contribution in [1.82, 2.24) is 4.31 Å². The van der Waals surface area contributed by atoms with E-state index in [-0.39, 0.29) is 6.04 Å². The third-order valence-corrected chi connectivity index (χ3v) is 5.46. The van der Waals surface area contributed by atoms with Crippen LogP contribution in [0.5, 0.6) is 5.75 Å². The fraction of sp³-hybridized carbons (Fsp3) is 0.556. The van der Waals surface area contributed by atoms with Crippen LogP contribution >= 0.6 is 11.9 Å². The van der Waals surface area contributed by atoms with E-state index in [0.717, 1.165) is 37.4 Å². The molecule has 2 N–H and O–H groups in total. The number of nitrogens with two attached hydrogens (primary N) is 1. The predicted octanol–water partition coefficient (Wildman–Crippen LogP) is 2.86. The van der Waals surface area contributed by atoms with Crippen LogP contribution in [0.3, 0.4) is 0 Å². The lowest BCUT2D eigenvalue weighted by molar-refractivity contribution is 0.0494. The summed E-state index contributed by atoms with van der Waals surface area (Å²) in [5.74, 6) is 0.891. The number of fused-ring (bicyclic) bond motifs is 2. The maximum atomic E-state index is 6.26. The van der Waals surface area contributed by atoms with Gasteiger partial charge in [0.25, 0.3) is 0 Å². The Kier molecular flexibility index (Phi) is 5.39. The summed E-state index contributed by atoms with van der Waals surface area (Å²) >= 11 is 1.77. The Balaban J connectivity index is 1.87. The molecule has 0 spiro atoms.